The Balaban J connectivity index is 2.79. The summed E-state index contributed by atoms with van der Waals surface area (Å²) in [5, 5.41) is 11.3. The van der Waals surface area contributed by atoms with Crippen LogP contribution in [0.25, 0.3) is 0 Å². The molecule has 0 radical (unpaired) electrons. The van der Waals surface area contributed by atoms with Crippen LogP contribution in [0.2, 0.25) is 0 Å². The first-order chi connectivity index (χ1) is 6.27. The van der Waals surface area contributed by atoms with Crippen molar-refractivity contribution in [3.05, 3.63) is 29.8 Å². The predicted molar refractivity (Wildman–Crippen MR) is 51.7 cm³/mol. The maximum absolute atomic E-state index is 8.34. The summed E-state index contributed by atoms with van der Waals surface area (Å²) < 4.78 is 5.03. The van der Waals surface area contributed by atoms with Crippen LogP contribution in [-0.2, 0) is 0 Å². The van der Waals surface area contributed by atoms with Gasteiger partial charge in [0.2, 0.25) is 0 Å². The molecular weight excluding hydrogens is 166 g/mol. The Morgan fingerprint density at radius 2 is 2.00 bits per heavy atom. The molecule has 70 valence electrons. The molecule has 1 atom stereocenters. The Morgan fingerprint density at radius 1 is 1.38 bits per heavy atom. The van der Waals surface area contributed by atoms with Crippen LogP contribution in [0, 0.1) is 0 Å². The molecule has 0 bridgehead atoms. The summed E-state index contributed by atoms with van der Waals surface area (Å²) in [4.78, 5) is 0. The highest BCUT2D eigenvalue weighted by molar-refractivity contribution is 5.66. The molecule has 13 heavy (non-hydrogen) atoms. The fourth-order valence-corrected chi connectivity index (χ4v) is 1.09. The summed E-state index contributed by atoms with van der Waals surface area (Å²) in [6.45, 7) is 1.96. The molecule has 0 aliphatic carbocycles. The maximum atomic E-state index is 8.34. The molecule has 1 N–H and O–H groups in total. The molecule has 1 aromatic carbocycles. The van der Waals surface area contributed by atoms with Gasteiger partial charge in [0.1, 0.15) is 5.75 Å². The highest BCUT2D eigenvalue weighted by Crippen LogP contribution is 2.17. The summed E-state index contributed by atoms with van der Waals surface area (Å²) in [6, 6.07) is 7.67. The molecule has 0 aromatic heterocycles. The van der Waals surface area contributed by atoms with Crippen LogP contribution in [0.1, 0.15) is 18.4 Å². The van der Waals surface area contributed by atoms with Crippen LogP contribution in [0.5, 0.6) is 5.75 Å². The van der Waals surface area contributed by atoms with Gasteiger partial charge in [0, 0.05) is 5.92 Å². The first kappa shape index (κ1) is 9.58. The summed E-state index contributed by atoms with van der Waals surface area (Å²) in [6.07, 6.45) is 1.49. The fourth-order valence-electron chi connectivity index (χ4n) is 1.09. The van der Waals surface area contributed by atoms with E-state index in [0.717, 1.165) is 11.3 Å². The third-order valence-electron chi connectivity index (χ3n) is 1.93. The lowest BCUT2D eigenvalue weighted by atomic mass is 10.0. The monoisotopic (exact) mass is 179 g/mol. The largest absolute Gasteiger partial charge is 0.497 e. The fraction of sp³-hybridized carbons (Fsp3) is 0.300. The van der Waals surface area contributed by atoms with E-state index in [1.54, 1.807) is 7.11 Å². The van der Waals surface area contributed by atoms with E-state index in [-0.39, 0.29) is 5.92 Å². The van der Waals surface area contributed by atoms with Crippen LogP contribution < -0.4 is 4.74 Å². The number of hydrogen-bond acceptors (Lipinski definition) is 3. The molecule has 1 aromatic rings. The van der Waals surface area contributed by atoms with Gasteiger partial charge in [0.25, 0.3) is 0 Å². The van der Waals surface area contributed by atoms with Crippen LogP contribution >= 0.6 is 0 Å². The van der Waals surface area contributed by atoms with Crippen molar-refractivity contribution >= 4 is 6.21 Å². The number of hydrogen-bond donors (Lipinski definition) is 1. The van der Waals surface area contributed by atoms with Gasteiger partial charge in [-0.3, -0.25) is 0 Å². The molecule has 1 rings (SSSR count). The maximum Gasteiger partial charge on any atom is 0.118 e. The quantitative estimate of drug-likeness (QED) is 0.439. The van der Waals surface area contributed by atoms with E-state index in [0.29, 0.717) is 0 Å². The van der Waals surface area contributed by atoms with Crippen molar-refractivity contribution in [2.24, 2.45) is 5.16 Å². The van der Waals surface area contributed by atoms with E-state index in [9.17, 15) is 0 Å². The molecule has 0 saturated carbocycles. The number of ether oxygens (including phenoxy) is 1. The summed E-state index contributed by atoms with van der Waals surface area (Å²) in [5.74, 6) is 0.952. The number of methoxy groups -OCH3 is 1. The first-order valence-electron chi connectivity index (χ1n) is 4.09. The standard InChI is InChI=1S/C10H13NO2/c1-8(7-11-12)9-3-5-10(13-2)6-4-9/h3-8,12H,1-2H3/b11-7-/t8-/m0/s1. The Morgan fingerprint density at radius 3 is 2.46 bits per heavy atom. The lowest BCUT2D eigenvalue weighted by molar-refractivity contribution is 0.320. The second kappa shape index (κ2) is 4.50. The number of rotatable bonds is 3. The Labute approximate surface area is 77.6 Å². The van der Waals surface area contributed by atoms with Crippen molar-refractivity contribution in [2.45, 2.75) is 12.8 Å². The Hall–Kier alpha value is -1.51. The Bertz CT molecular complexity index is 279. The summed E-state index contributed by atoms with van der Waals surface area (Å²) in [5.41, 5.74) is 1.10. The van der Waals surface area contributed by atoms with E-state index >= 15 is 0 Å². The van der Waals surface area contributed by atoms with Crippen molar-refractivity contribution < 1.29 is 9.94 Å². The van der Waals surface area contributed by atoms with E-state index in [4.69, 9.17) is 9.94 Å². The minimum absolute atomic E-state index is 0.121. The van der Waals surface area contributed by atoms with Crippen molar-refractivity contribution in [1.29, 1.82) is 0 Å². The van der Waals surface area contributed by atoms with Gasteiger partial charge in [-0.15, -0.1) is 5.16 Å². The normalized spacial score (nSPS) is 13.1. The zero-order chi connectivity index (χ0) is 9.68. The third kappa shape index (κ3) is 2.47. The zero-order valence-corrected chi connectivity index (χ0v) is 7.77. The second-order valence-corrected chi connectivity index (χ2v) is 2.83. The van der Waals surface area contributed by atoms with E-state index < -0.39 is 0 Å². The molecule has 3 heteroatoms. The average molecular weight is 179 g/mol. The predicted octanol–water partition coefficient (Wildman–Crippen LogP) is 2.26. The highest BCUT2D eigenvalue weighted by Gasteiger charge is 2.01. The molecule has 0 aliphatic rings. The molecule has 0 saturated heterocycles. The topological polar surface area (TPSA) is 41.8 Å². The van der Waals surface area contributed by atoms with Crippen molar-refractivity contribution in [1.82, 2.24) is 0 Å². The zero-order valence-electron chi connectivity index (χ0n) is 7.77. The molecule has 0 spiro atoms. The van der Waals surface area contributed by atoms with Gasteiger partial charge < -0.3 is 9.94 Å². The van der Waals surface area contributed by atoms with Gasteiger partial charge in [0.05, 0.1) is 13.3 Å². The van der Waals surface area contributed by atoms with Gasteiger partial charge in [-0.1, -0.05) is 19.1 Å². The summed E-state index contributed by atoms with van der Waals surface area (Å²) in [7, 11) is 1.63. The van der Waals surface area contributed by atoms with Crippen LogP contribution in [-0.4, -0.2) is 18.5 Å². The molecule has 3 nitrogen and oxygen atoms in total. The highest BCUT2D eigenvalue weighted by atomic mass is 16.5. The van der Waals surface area contributed by atoms with E-state index in [2.05, 4.69) is 5.16 Å². The van der Waals surface area contributed by atoms with Crippen molar-refractivity contribution in [3.63, 3.8) is 0 Å². The van der Waals surface area contributed by atoms with Gasteiger partial charge in [-0.25, -0.2) is 0 Å². The van der Waals surface area contributed by atoms with Gasteiger partial charge >= 0.3 is 0 Å². The second-order valence-electron chi connectivity index (χ2n) is 2.83. The van der Waals surface area contributed by atoms with Crippen LogP contribution in [0.15, 0.2) is 29.4 Å². The number of oxime groups is 1. The molecular formula is C10H13NO2. The summed E-state index contributed by atoms with van der Waals surface area (Å²) >= 11 is 0. The average Bonchev–Trinajstić information content (AvgIpc) is 2.18. The molecule has 0 fully saturated rings. The van der Waals surface area contributed by atoms with Crippen LogP contribution in [0.3, 0.4) is 0 Å². The van der Waals surface area contributed by atoms with Gasteiger partial charge in [-0.2, -0.15) is 0 Å². The van der Waals surface area contributed by atoms with Crippen LogP contribution in [0.4, 0.5) is 0 Å². The molecule has 0 amide bonds. The van der Waals surface area contributed by atoms with E-state index in [1.165, 1.54) is 6.21 Å². The third-order valence-corrected chi connectivity index (χ3v) is 1.93. The lowest BCUT2D eigenvalue weighted by Crippen LogP contribution is -1.94. The lowest BCUT2D eigenvalue weighted by Gasteiger charge is -2.05. The SMILES string of the molecule is COc1ccc([C@@H](C)/C=N\O)cc1. The van der Waals surface area contributed by atoms with Gasteiger partial charge in [0.15, 0.2) is 0 Å². The number of benzene rings is 1. The minimum Gasteiger partial charge on any atom is -0.497 e. The Kier molecular flexibility index (Phi) is 3.31. The van der Waals surface area contributed by atoms with Crippen molar-refractivity contribution in [2.75, 3.05) is 7.11 Å². The molecule has 0 unspecified atom stereocenters. The number of nitrogens with zero attached hydrogens (tertiary/aromatic N) is 1. The molecule has 0 heterocycles. The minimum atomic E-state index is 0.121. The van der Waals surface area contributed by atoms with Crippen molar-refractivity contribution in [3.8, 4) is 5.75 Å². The first-order valence-corrected chi connectivity index (χ1v) is 4.09. The van der Waals surface area contributed by atoms with E-state index in [1.807, 2.05) is 31.2 Å². The smallest absolute Gasteiger partial charge is 0.118 e. The molecule has 0 aliphatic heterocycles. The van der Waals surface area contributed by atoms with Gasteiger partial charge in [-0.05, 0) is 17.7 Å².